The van der Waals surface area contributed by atoms with Crippen molar-refractivity contribution in [3.05, 3.63) is 29.3 Å². The molecule has 0 unspecified atom stereocenters. The predicted octanol–water partition coefficient (Wildman–Crippen LogP) is 2.43. The van der Waals surface area contributed by atoms with Gasteiger partial charge in [0, 0.05) is 24.3 Å². The van der Waals surface area contributed by atoms with Gasteiger partial charge < -0.3 is 4.74 Å². The molecule has 0 bridgehead atoms. The number of hydrogen-bond acceptors (Lipinski definition) is 2. The minimum Gasteiger partial charge on any atom is -0.493 e. The van der Waals surface area contributed by atoms with E-state index in [1.807, 2.05) is 12.1 Å². The molecule has 1 aliphatic rings. The molecule has 0 saturated heterocycles. The Morgan fingerprint density at radius 1 is 1.50 bits per heavy atom. The molecule has 0 amide bonds. The first kappa shape index (κ1) is 9.53. The monoisotopic (exact) mass is 210 g/mol. The van der Waals surface area contributed by atoms with E-state index in [0.717, 1.165) is 29.9 Å². The highest BCUT2D eigenvalue weighted by atomic mass is 35.5. The first-order chi connectivity index (χ1) is 6.81. The second-order valence-corrected chi connectivity index (χ2v) is 3.66. The number of benzene rings is 1. The lowest BCUT2D eigenvalue weighted by atomic mass is 10.0. The summed E-state index contributed by atoms with van der Waals surface area (Å²) in [5.74, 6) is 1.40. The van der Waals surface area contributed by atoms with Gasteiger partial charge in [0.2, 0.25) is 0 Å². The maximum Gasteiger partial charge on any atom is 0.164 e. The molecule has 0 radical (unpaired) electrons. The van der Waals surface area contributed by atoms with E-state index in [1.54, 1.807) is 6.07 Å². The third-order valence-electron chi connectivity index (χ3n) is 2.33. The molecule has 1 aromatic rings. The summed E-state index contributed by atoms with van der Waals surface area (Å²) in [5, 5.41) is 0. The van der Waals surface area contributed by atoms with E-state index in [1.165, 1.54) is 0 Å². The first-order valence-electron chi connectivity index (χ1n) is 4.66. The van der Waals surface area contributed by atoms with E-state index in [9.17, 15) is 4.79 Å². The van der Waals surface area contributed by atoms with Crippen LogP contribution in [0.1, 0.15) is 22.3 Å². The van der Waals surface area contributed by atoms with Crippen molar-refractivity contribution in [3.63, 3.8) is 0 Å². The zero-order valence-electron chi connectivity index (χ0n) is 7.75. The maximum atomic E-state index is 11.5. The van der Waals surface area contributed by atoms with Crippen molar-refractivity contribution in [2.45, 2.75) is 12.8 Å². The van der Waals surface area contributed by atoms with E-state index in [4.69, 9.17) is 16.3 Å². The Morgan fingerprint density at radius 3 is 3.14 bits per heavy atom. The average molecular weight is 211 g/mol. The molecule has 0 saturated carbocycles. The number of hydrogen-bond donors (Lipinski definition) is 0. The van der Waals surface area contributed by atoms with Crippen LogP contribution in [0.5, 0.6) is 5.75 Å². The molecular weight excluding hydrogens is 200 g/mol. The molecule has 1 aliphatic heterocycles. The van der Waals surface area contributed by atoms with Gasteiger partial charge in [-0.1, -0.05) is 0 Å². The van der Waals surface area contributed by atoms with Gasteiger partial charge in [0.15, 0.2) is 5.78 Å². The summed E-state index contributed by atoms with van der Waals surface area (Å²) in [5.41, 5.74) is 1.88. The molecular formula is C11H11ClO2. The van der Waals surface area contributed by atoms with Gasteiger partial charge in [-0.3, -0.25) is 4.79 Å². The zero-order valence-corrected chi connectivity index (χ0v) is 8.51. The standard InChI is InChI=1S/C11H11ClO2/c12-5-3-10(13)8-1-2-11-9(7-8)4-6-14-11/h1-2,7H,3-6H2. The van der Waals surface area contributed by atoms with E-state index >= 15 is 0 Å². The van der Waals surface area contributed by atoms with Crippen LogP contribution in [0, 0.1) is 0 Å². The van der Waals surface area contributed by atoms with Gasteiger partial charge in [0.05, 0.1) is 6.61 Å². The van der Waals surface area contributed by atoms with Gasteiger partial charge in [0.1, 0.15) is 5.75 Å². The molecule has 0 fully saturated rings. The van der Waals surface area contributed by atoms with E-state index in [-0.39, 0.29) is 5.78 Å². The van der Waals surface area contributed by atoms with E-state index in [0.29, 0.717) is 12.3 Å². The van der Waals surface area contributed by atoms with Gasteiger partial charge in [-0.25, -0.2) is 0 Å². The van der Waals surface area contributed by atoms with Crippen molar-refractivity contribution in [1.29, 1.82) is 0 Å². The Morgan fingerprint density at radius 2 is 2.36 bits per heavy atom. The number of ether oxygens (including phenoxy) is 1. The Balaban J connectivity index is 2.24. The highest BCUT2D eigenvalue weighted by Crippen LogP contribution is 2.26. The molecule has 1 heterocycles. The van der Waals surface area contributed by atoms with Gasteiger partial charge in [-0.2, -0.15) is 0 Å². The molecule has 0 aromatic heterocycles. The number of halogens is 1. The zero-order chi connectivity index (χ0) is 9.97. The summed E-state index contributed by atoms with van der Waals surface area (Å²) in [4.78, 5) is 11.5. The molecule has 2 rings (SSSR count). The summed E-state index contributed by atoms with van der Waals surface area (Å²) < 4.78 is 5.36. The quantitative estimate of drug-likeness (QED) is 0.566. The van der Waals surface area contributed by atoms with Crippen molar-refractivity contribution in [1.82, 2.24) is 0 Å². The molecule has 0 aliphatic carbocycles. The largest absolute Gasteiger partial charge is 0.493 e. The van der Waals surface area contributed by atoms with Crippen molar-refractivity contribution in [2.75, 3.05) is 12.5 Å². The Hall–Kier alpha value is -1.02. The molecule has 0 N–H and O–H groups in total. The summed E-state index contributed by atoms with van der Waals surface area (Å²) in [6, 6.07) is 5.58. The lowest BCUT2D eigenvalue weighted by molar-refractivity contribution is 0.0989. The van der Waals surface area contributed by atoms with Crippen LogP contribution in [0.2, 0.25) is 0 Å². The van der Waals surface area contributed by atoms with Crippen LogP contribution in [-0.2, 0) is 6.42 Å². The van der Waals surface area contributed by atoms with Gasteiger partial charge in [-0.15, -0.1) is 11.6 Å². The fourth-order valence-corrected chi connectivity index (χ4v) is 1.76. The number of Topliss-reactive ketones (excluding diaryl/α,β-unsaturated/α-hetero) is 1. The number of alkyl halides is 1. The number of carbonyl (C=O) groups excluding carboxylic acids is 1. The van der Waals surface area contributed by atoms with Crippen LogP contribution < -0.4 is 4.74 Å². The maximum absolute atomic E-state index is 11.5. The Bertz CT molecular complexity index is 360. The highest BCUT2D eigenvalue weighted by Gasteiger charge is 2.14. The normalized spacial score (nSPS) is 13.5. The summed E-state index contributed by atoms with van der Waals surface area (Å²) in [6.45, 7) is 0.725. The lowest BCUT2D eigenvalue weighted by Crippen LogP contribution is -1.99. The summed E-state index contributed by atoms with van der Waals surface area (Å²) in [7, 11) is 0. The summed E-state index contributed by atoms with van der Waals surface area (Å²) in [6.07, 6.45) is 1.30. The fraction of sp³-hybridized carbons (Fsp3) is 0.364. The fourth-order valence-electron chi connectivity index (χ4n) is 1.59. The summed E-state index contributed by atoms with van der Waals surface area (Å²) >= 11 is 5.52. The molecule has 3 heteroatoms. The predicted molar refractivity (Wildman–Crippen MR) is 55.3 cm³/mol. The lowest BCUT2D eigenvalue weighted by Gasteiger charge is -2.01. The molecule has 74 valence electrons. The third-order valence-corrected chi connectivity index (χ3v) is 2.52. The Labute approximate surface area is 87.8 Å². The molecule has 14 heavy (non-hydrogen) atoms. The first-order valence-corrected chi connectivity index (χ1v) is 5.19. The van der Waals surface area contributed by atoms with Crippen molar-refractivity contribution < 1.29 is 9.53 Å². The van der Waals surface area contributed by atoms with Gasteiger partial charge in [-0.05, 0) is 23.8 Å². The van der Waals surface area contributed by atoms with Crippen molar-refractivity contribution in [2.24, 2.45) is 0 Å². The van der Waals surface area contributed by atoms with Crippen LogP contribution in [0.15, 0.2) is 18.2 Å². The number of carbonyl (C=O) groups is 1. The molecule has 0 spiro atoms. The van der Waals surface area contributed by atoms with Crippen LogP contribution in [0.3, 0.4) is 0 Å². The smallest absolute Gasteiger partial charge is 0.164 e. The topological polar surface area (TPSA) is 26.3 Å². The molecule has 2 nitrogen and oxygen atoms in total. The van der Waals surface area contributed by atoms with Crippen LogP contribution in [0.25, 0.3) is 0 Å². The number of fused-ring (bicyclic) bond motifs is 1. The second-order valence-electron chi connectivity index (χ2n) is 3.28. The van der Waals surface area contributed by atoms with Crippen LogP contribution in [-0.4, -0.2) is 18.3 Å². The van der Waals surface area contributed by atoms with Crippen molar-refractivity contribution in [3.8, 4) is 5.75 Å². The minimum absolute atomic E-state index is 0.106. The molecule has 0 atom stereocenters. The van der Waals surface area contributed by atoms with Gasteiger partial charge >= 0.3 is 0 Å². The van der Waals surface area contributed by atoms with Crippen LogP contribution in [0.4, 0.5) is 0 Å². The Kier molecular flexibility index (Phi) is 2.73. The average Bonchev–Trinajstić information content (AvgIpc) is 2.64. The highest BCUT2D eigenvalue weighted by molar-refractivity contribution is 6.19. The van der Waals surface area contributed by atoms with Gasteiger partial charge in [0.25, 0.3) is 0 Å². The van der Waals surface area contributed by atoms with E-state index in [2.05, 4.69) is 0 Å². The van der Waals surface area contributed by atoms with E-state index < -0.39 is 0 Å². The molecule has 1 aromatic carbocycles. The van der Waals surface area contributed by atoms with Crippen molar-refractivity contribution >= 4 is 17.4 Å². The van der Waals surface area contributed by atoms with Crippen LogP contribution >= 0.6 is 11.6 Å². The number of rotatable bonds is 3. The number of ketones is 1. The minimum atomic E-state index is 0.106. The second kappa shape index (κ2) is 4.01. The SMILES string of the molecule is O=C(CCCl)c1ccc2c(c1)CCO2. The third kappa shape index (κ3) is 1.75.